The van der Waals surface area contributed by atoms with Gasteiger partial charge in [0.1, 0.15) is 11.9 Å². The Bertz CT molecular complexity index is 1070. The van der Waals surface area contributed by atoms with Crippen LogP contribution in [-0.2, 0) is 4.79 Å². The monoisotopic (exact) mass is 465 g/mol. The minimum atomic E-state index is -0.184. The van der Waals surface area contributed by atoms with Crippen molar-refractivity contribution in [2.24, 2.45) is 0 Å². The van der Waals surface area contributed by atoms with Crippen LogP contribution in [0.1, 0.15) is 29.6 Å². The molecule has 180 valence electrons. The van der Waals surface area contributed by atoms with Crippen molar-refractivity contribution in [1.82, 2.24) is 10.2 Å². The summed E-state index contributed by atoms with van der Waals surface area (Å²) in [6, 6.07) is 12.5. The number of nitrogens with one attached hydrogen (secondary N) is 1. The molecule has 0 aromatic heterocycles. The molecule has 1 N–H and O–H groups in total. The Hall–Kier alpha value is -3.13. The highest BCUT2D eigenvalue weighted by atomic mass is 19.1. The van der Waals surface area contributed by atoms with Crippen LogP contribution >= 0.6 is 0 Å². The first-order valence-corrected chi connectivity index (χ1v) is 12.2. The van der Waals surface area contributed by atoms with Crippen molar-refractivity contribution in [3.63, 3.8) is 0 Å². The highest BCUT2D eigenvalue weighted by Crippen LogP contribution is 2.39. The summed E-state index contributed by atoms with van der Waals surface area (Å²) in [4.78, 5) is 33.9. The number of rotatable bonds is 5. The van der Waals surface area contributed by atoms with Gasteiger partial charge in [-0.3, -0.25) is 14.5 Å². The van der Waals surface area contributed by atoms with Crippen LogP contribution in [0.4, 0.5) is 21.5 Å². The summed E-state index contributed by atoms with van der Waals surface area (Å²) >= 11 is 0. The molecule has 0 spiro atoms. The summed E-state index contributed by atoms with van der Waals surface area (Å²) in [7, 11) is 1.80. The Balaban J connectivity index is 1.15. The standard InChI is InChI=1S/C26H32FN5O2/c1-29-24-18-19(9-10-22(24)32-12-5-4-8-23(32)26(29)34)25(33)28-11-13-30-14-16-31(17-15-30)21-7-3-2-6-20(21)27/h2-3,6-7,9-10,18,23H,4-5,8,11-17H2,1H3,(H,28,33). The van der Waals surface area contributed by atoms with E-state index >= 15 is 0 Å². The molecule has 2 aromatic carbocycles. The predicted molar refractivity (Wildman–Crippen MR) is 132 cm³/mol. The third-order valence-electron chi connectivity index (χ3n) is 7.31. The number of benzene rings is 2. The highest BCUT2D eigenvalue weighted by molar-refractivity contribution is 6.07. The lowest BCUT2D eigenvalue weighted by Gasteiger charge is -2.44. The maximum absolute atomic E-state index is 14.0. The van der Waals surface area contributed by atoms with Crippen LogP contribution < -0.4 is 20.0 Å². The molecule has 0 radical (unpaired) electrons. The number of carbonyl (C=O) groups is 2. The van der Waals surface area contributed by atoms with E-state index in [0.29, 0.717) is 17.8 Å². The van der Waals surface area contributed by atoms with Crippen molar-refractivity contribution >= 4 is 28.9 Å². The number of halogens is 1. The molecule has 8 heteroatoms. The molecule has 0 saturated carbocycles. The van der Waals surface area contributed by atoms with Gasteiger partial charge in [0.15, 0.2) is 0 Å². The number of amides is 2. The molecule has 34 heavy (non-hydrogen) atoms. The van der Waals surface area contributed by atoms with Gasteiger partial charge in [-0.05, 0) is 49.6 Å². The fourth-order valence-electron chi connectivity index (χ4n) is 5.35. The molecule has 1 atom stereocenters. The van der Waals surface area contributed by atoms with E-state index in [1.54, 1.807) is 18.0 Å². The van der Waals surface area contributed by atoms with Gasteiger partial charge >= 0.3 is 0 Å². The third kappa shape index (κ3) is 4.34. The second-order valence-corrected chi connectivity index (χ2v) is 9.34. The topological polar surface area (TPSA) is 59.1 Å². The Morgan fingerprint density at radius 2 is 1.79 bits per heavy atom. The zero-order valence-corrected chi connectivity index (χ0v) is 19.7. The summed E-state index contributed by atoms with van der Waals surface area (Å²) in [6.07, 6.45) is 3.05. The average molecular weight is 466 g/mol. The molecule has 2 aromatic rings. The zero-order chi connectivity index (χ0) is 23.7. The van der Waals surface area contributed by atoms with E-state index in [1.165, 1.54) is 6.07 Å². The van der Waals surface area contributed by atoms with E-state index in [9.17, 15) is 14.0 Å². The summed E-state index contributed by atoms with van der Waals surface area (Å²) in [5.41, 5.74) is 3.07. The summed E-state index contributed by atoms with van der Waals surface area (Å²) in [6.45, 7) is 5.34. The van der Waals surface area contributed by atoms with E-state index in [2.05, 4.69) is 20.0 Å². The summed E-state index contributed by atoms with van der Waals surface area (Å²) in [5, 5.41) is 3.02. The Morgan fingerprint density at radius 1 is 1.00 bits per heavy atom. The van der Waals surface area contributed by atoms with Gasteiger partial charge in [0, 0.05) is 58.4 Å². The smallest absolute Gasteiger partial charge is 0.251 e. The molecule has 1 unspecified atom stereocenters. The van der Waals surface area contributed by atoms with Crippen molar-refractivity contribution < 1.29 is 14.0 Å². The molecule has 3 aliphatic heterocycles. The quantitative estimate of drug-likeness (QED) is 0.736. The van der Waals surface area contributed by atoms with Gasteiger partial charge in [-0.1, -0.05) is 12.1 Å². The fraction of sp³-hybridized carbons (Fsp3) is 0.462. The Morgan fingerprint density at radius 3 is 2.59 bits per heavy atom. The van der Waals surface area contributed by atoms with Gasteiger partial charge < -0.3 is 20.0 Å². The zero-order valence-electron chi connectivity index (χ0n) is 19.7. The van der Waals surface area contributed by atoms with E-state index in [1.807, 2.05) is 30.3 Å². The SMILES string of the molecule is CN1C(=O)C2CCCCN2c2ccc(C(=O)NCCN3CCN(c4ccccc4F)CC3)cc21. The molecule has 0 aliphatic carbocycles. The number of likely N-dealkylation sites (N-methyl/N-ethyl adjacent to an activating group) is 1. The maximum Gasteiger partial charge on any atom is 0.251 e. The number of para-hydroxylation sites is 1. The molecule has 0 bridgehead atoms. The summed E-state index contributed by atoms with van der Waals surface area (Å²) in [5.74, 6) is -0.204. The largest absolute Gasteiger partial charge is 0.367 e. The van der Waals surface area contributed by atoms with Gasteiger partial charge in [0.2, 0.25) is 5.91 Å². The number of carbonyl (C=O) groups excluding carboxylic acids is 2. The Labute approximate surface area is 200 Å². The van der Waals surface area contributed by atoms with Crippen LogP contribution in [0.2, 0.25) is 0 Å². The average Bonchev–Trinajstić information content (AvgIpc) is 2.88. The van der Waals surface area contributed by atoms with Gasteiger partial charge in [-0.2, -0.15) is 0 Å². The van der Waals surface area contributed by atoms with Crippen LogP contribution in [0.3, 0.4) is 0 Å². The maximum atomic E-state index is 14.0. The van der Waals surface area contributed by atoms with Crippen molar-refractivity contribution in [3.05, 3.63) is 53.8 Å². The Kier molecular flexibility index (Phi) is 6.41. The third-order valence-corrected chi connectivity index (χ3v) is 7.31. The van der Waals surface area contributed by atoms with Gasteiger partial charge in [0.05, 0.1) is 17.1 Å². The number of fused-ring (bicyclic) bond motifs is 3. The molecule has 3 aliphatic rings. The number of hydrogen-bond donors (Lipinski definition) is 1. The van der Waals surface area contributed by atoms with Gasteiger partial charge in [0.25, 0.3) is 5.91 Å². The molecule has 7 nitrogen and oxygen atoms in total. The van der Waals surface area contributed by atoms with Gasteiger partial charge in [-0.25, -0.2) is 4.39 Å². The van der Waals surface area contributed by atoms with Crippen LogP contribution in [0.15, 0.2) is 42.5 Å². The van der Waals surface area contributed by atoms with Crippen LogP contribution in [-0.4, -0.2) is 75.6 Å². The van der Waals surface area contributed by atoms with Crippen LogP contribution in [0, 0.1) is 5.82 Å². The van der Waals surface area contributed by atoms with Crippen molar-refractivity contribution in [2.75, 3.05) is 67.6 Å². The minimum absolute atomic E-state index is 0.0789. The van der Waals surface area contributed by atoms with E-state index < -0.39 is 0 Å². The molecule has 2 amide bonds. The first-order valence-electron chi connectivity index (χ1n) is 12.2. The second-order valence-electron chi connectivity index (χ2n) is 9.34. The van der Waals surface area contributed by atoms with Crippen molar-refractivity contribution in [3.8, 4) is 0 Å². The molecule has 5 rings (SSSR count). The molecular weight excluding hydrogens is 433 g/mol. The summed E-state index contributed by atoms with van der Waals surface area (Å²) < 4.78 is 14.0. The second kappa shape index (κ2) is 9.62. The number of hydrogen-bond acceptors (Lipinski definition) is 5. The normalized spacial score (nSPS) is 20.7. The van der Waals surface area contributed by atoms with E-state index in [4.69, 9.17) is 0 Å². The molecular formula is C26H32FN5O2. The lowest BCUT2D eigenvalue weighted by Crippen LogP contribution is -2.54. The lowest BCUT2D eigenvalue weighted by atomic mass is 9.96. The number of piperazine rings is 1. The molecule has 2 fully saturated rings. The first kappa shape index (κ1) is 22.7. The van der Waals surface area contributed by atoms with Crippen molar-refractivity contribution in [1.29, 1.82) is 0 Å². The number of nitrogens with zero attached hydrogens (tertiary/aromatic N) is 4. The molecule has 2 saturated heterocycles. The number of piperidine rings is 1. The first-order chi connectivity index (χ1) is 16.5. The highest BCUT2D eigenvalue weighted by Gasteiger charge is 2.38. The van der Waals surface area contributed by atoms with Gasteiger partial charge in [-0.15, -0.1) is 0 Å². The van der Waals surface area contributed by atoms with Crippen LogP contribution in [0.5, 0.6) is 0 Å². The fourth-order valence-corrected chi connectivity index (χ4v) is 5.35. The van der Waals surface area contributed by atoms with E-state index in [-0.39, 0.29) is 23.7 Å². The minimum Gasteiger partial charge on any atom is -0.367 e. The lowest BCUT2D eigenvalue weighted by molar-refractivity contribution is -0.120. The van der Waals surface area contributed by atoms with Crippen LogP contribution in [0.25, 0.3) is 0 Å². The van der Waals surface area contributed by atoms with Crippen molar-refractivity contribution in [2.45, 2.75) is 25.3 Å². The van der Waals surface area contributed by atoms with E-state index in [0.717, 1.165) is 69.9 Å². The predicted octanol–water partition coefficient (Wildman–Crippen LogP) is 2.71. The molecule has 3 heterocycles. The number of anilines is 3.